The van der Waals surface area contributed by atoms with Gasteiger partial charge in [0.25, 0.3) is 5.56 Å². The van der Waals surface area contributed by atoms with E-state index in [0.717, 1.165) is 31.1 Å². The van der Waals surface area contributed by atoms with Gasteiger partial charge >= 0.3 is 6.18 Å². The van der Waals surface area contributed by atoms with Crippen LogP contribution in [-0.2, 0) is 6.54 Å². The standard InChI is InChI=1S/C17H19F3N8O/c18-17(19,20)8-27-14(29)4-3-11(25-27)12-6-13(26-5-1-2-10(21)7-26)15-16(22)23-9-24-28(12)15/h3-4,6,9-10H,1-2,5,7-8,21H2,(H2,22,23,24)/t10-/m1/s1. The molecule has 29 heavy (non-hydrogen) atoms. The van der Waals surface area contributed by atoms with Gasteiger partial charge in [-0.3, -0.25) is 4.79 Å². The van der Waals surface area contributed by atoms with Crippen LogP contribution in [0, 0.1) is 0 Å². The van der Waals surface area contributed by atoms with Gasteiger partial charge in [0, 0.05) is 25.2 Å². The largest absolute Gasteiger partial charge is 0.408 e. The van der Waals surface area contributed by atoms with E-state index < -0.39 is 18.3 Å². The zero-order valence-corrected chi connectivity index (χ0v) is 15.3. The van der Waals surface area contributed by atoms with E-state index in [1.165, 1.54) is 16.9 Å². The summed E-state index contributed by atoms with van der Waals surface area (Å²) in [5, 5.41) is 8.10. The van der Waals surface area contributed by atoms with E-state index in [0.29, 0.717) is 22.4 Å². The average molecular weight is 408 g/mol. The zero-order valence-electron chi connectivity index (χ0n) is 15.3. The van der Waals surface area contributed by atoms with Gasteiger partial charge in [-0.25, -0.2) is 14.2 Å². The van der Waals surface area contributed by atoms with Crippen LogP contribution in [0.1, 0.15) is 12.8 Å². The SMILES string of the molecule is Nc1ncnn2c(-c3ccc(=O)n(CC(F)(F)F)n3)cc(N3CCC[C@@H](N)C3)c12. The number of hydrogen-bond acceptors (Lipinski definition) is 7. The maximum Gasteiger partial charge on any atom is 0.408 e. The summed E-state index contributed by atoms with van der Waals surface area (Å²) in [7, 11) is 0. The molecule has 1 aliphatic rings. The maximum atomic E-state index is 12.8. The number of aromatic nitrogens is 5. The molecule has 4 rings (SSSR count). The molecule has 0 unspecified atom stereocenters. The van der Waals surface area contributed by atoms with Crippen molar-refractivity contribution in [3.05, 3.63) is 34.9 Å². The Balaban J connectivity index is 1.86. The number of nitrogen functional groups attached to an aromatic ring is 1. The Morgan fingerprint density at radius 1 is 1.28 bits per heavy atom. The van der Waals surface area contributed by atoms with Crippen LogP contribution in [0.2, 0.25) is 0 Å². The van der Waals surface area contributed by atoms with Gasteiger partial charge in [0.1, 0.15) is 24.1 Å². The Labute approximate surface area is 162 Å². The highest BCUT2D eigenvalue weighted by atomic mass is 19.4. The fourth-order valence-corrected chi connectivity index (χ4v) is 3.57. The molecule has 1 atom stereocenters. The van der Waals surface area contributed by atoms with Crippen molar-refractivity contribution in [2.24, 2.45) is 5.73 Å². The molecule has 0 bridgehead atoms. The predicted molar refractivity (Wildman–Crippen MR) is 100 cm³/mol. The van der Waals surface area contributed by atoms with Crippen LogP contribution in [0.25, 0.3) is 16.9 Å². The van der Waals surface area contributed by atoms with Gasteiger partial charge in [-0.2, -0.15) is 23.4 Å². The lowest BCUT2D eigenvalue weighted by Crippen LogP contribution is -2.42. The lowest BCUT2D eigenvalue weighted by atomic mass is 10.1. The molecular formula is C17H19F3N8O. The van der Waals surface area contributed by atoms with Crippen molar-refractivity contribution in [3.63, 3.8) is 0 Å². The van der Waals surface area contributed by atoms with E-state index in [-0.39, 0.29) is 17.6 Å². The fourth-order valence-electron chi connectivity index (χ4n) is 3.57. The molecule has 1 fully saturated rings. The van der Waals surface area contributed by atoms with Crippen LogP contribution in [0.15, 0.2) is 29.3 Å². The lowest BCUT2D eigenvalue weighted by molar-refractivity contribution is -0.143. The summed E-state index contributed by atoms with van der Waals surface area (Å²) in [6, 6.07) is 4.15. The van der Waals surface area contributed by atoms with Crippen molar-refractivity contribution in [2.45, 2.75) is 31.6 Å². The summed E-state index contributed by atoms with van der Waals surface area (Å²) in [6.45, 7) is -0.121. The number of hydrogen-bond donors (Lipinski definition) is 2. The molecule has 4 heterocycles. The van der Waals surface area contributed by atoms with Gasteiger partial charge in [0.05, 0.1) is 11.4 Å². The van der Waals surface area contributed by atoms with E-state index in [2.05, 4.69) is 20.1 Å². The Morgan fingerprint density at radius 3 is 2.79 bits per heavy atom. The maximum absolute atomic E-state index is 12.8. The third-order valence-electron chi connectivity index (χ3n) is 4.82. The smallest absolute Gasteiger partial charge is 0.382 e. The normalized spacial score (nSPS) is 17.8. The molecule has 0 spiro atoms. The second-order valence-corrected chi connectivity index (χ2v) is 7.00. The predicted octanol–water partition coefficient (Wildman–Crippen LogP) is 1.02. The molecule has 0 amide bonds. The monoisotopic (exact) mass is 408 g/mol. The van der Waals surface area contributed by atoms with Crippen LogP contribution < -0.4 is 21.9 Å². The van der Waals surface area contributed by atoms with Crippen molar-refractivity contribution in [2.75, 3.05) is 23.7 Å². The highest BCUT2D eigenvalue weighted by molar-refractivity contribution is 5.88. The number of alkyl halides is 3. The van der Waals surface area contributed by atoms with Crippen LogP contribution in [0.4, 0.5) is 24.7 Å². The summed E-state index contributed by atoms with van der Waals surface area (Å²) in [5.41, 5.74) is 13.1. The summed E-state index contributed by atoms with van der Waals surface area (Å²) >= 11 is 0. The Morgan fingerprint density at radius 2 is 2.07 bits per heavy atom. The minimum Gasteiger partial charge on any atom is -0.382 e. The van der Waals surface area contributed by atoms with E-state index >= 15 is 0 Å². The number of nitrogens with zero attached hydrogens (tertiary/aromatic N) is 6. The van der Waals surface area contributed by atoms with Crippen LogP contribution in [0.3, 0.4) is 0 Å². The molecule has 154 valence electrons. The van der Waals surface area contributed by atoms with Gasteiger partial charge < -0.3 is 16.4 Å². The molecule has 1 aliphatic heterocycles. The van der Waals surface area contributed by atoms with Gasteiger partial charge in [0.2, 0.25) is 0 Å². The minimum atomic E-state index is -4.57. The Hall–Kier alpha value is -3.15. The molecule has 12 heteroatoms. The van der Waals surface area contributed by atoms with Gasteiger partial charge in [-0.15, -0.1) is 0 Å². The van der Waals surface area contributed by atoms with Crippen molar-refractivity contribution in [3.8, 4) is 11.4 Å². The number of rotatable bonds is 3. The summed E-state index contributed by atoms with van der Waals surface area (Å²) in [6.07, 6.45) is -1.51. The van der Waals surface area contributed by atoms with E-state index in [1.807, 2.05) is 0 Å². The van der Waals surface area contributed by atoms with Gasteiger partial charge in [-0.05, 0) is 25.0 Å². The molecule has 9 nitrogen and oxygen atoms in total. The first-order valence-corrected chi connectivity index (χ1v) is 9.01. The molecule has 0 aromatic carbocycles. The molecule has 0 radical (unpaired) electrons. The number of fused-ring (bicyclic) bond motifs is 1. The summed E-state index contributed by atoms with van der Waals surface area (Å²) in [4.78, 5) is 17.9. The Bertz CT molecular complexity index is 1110. The van der Waals surface area contributed by atoms with E-state index in [9.17, 15) is 18.0 Å². The first-order chi connectivity index (χ1) is 13.7. The minimum absolute atomic E-state index is 0.000166. The quantitative estimate of drug-likeness (QED) is 0.664. The van der Waals surface area contributed by atoms with Crippen LogP contribution in [-0.4, -0.2) is 49.7 Å². The summed E-state index contributed by atoms with van der Waals surface area (Å²) < 4.78 is 40.2. The number of piperidine rings is 1. The second-order valence-electron chi connectivity index (χ2n) is 7.00. The highest BCUT2D eigenvalue weighted by Crippen LogP contribution is 2.34. The lowest BCUT2D eigenvalue weighted by Gasteiger charge is -2.32. The van der Waals surface area contributed by atoms with Crippen LogP contribution in [0.5, 0.6) is 0 Å². The van der Waals surface area contributed by atoms with E-state index in [1.54, 1.807) is 6.07 Å². The van der Waals surface area contributed by atoms with Crippen molar-refractivity contribution in [1.82, 2.24) is 24.4 Å². The van der Waals surface area contributed by atoms with Gasteiger partial charge in [0.15, 0.2) is 5.82 Å². The topological polar surface area (TPSA) is 120 Å². The van der Waals surface area contributed by atoms with Crippen LogP contribution >= 0.6 is 0 Å². The number of halogens is 3. The number of nitrogens with two attached hydrogens (primary N) is 2. The molecule has 3 aromatic rings. The van der Waals surface area contributed by atoms with Gasteiger partial charge in [-0.1, -0.05) is 0 Å². The molecule has 1 saturated heterocycles. The fraction of sp³-hybridized carbons (Fsp3) is 0.412. The molecule has 3 aromatic heterocycles. The third-order valence-corrected chi connectivity index (χ3v) is 4.82. The molecule has 4 N–H and O–H groups in total. The number of anilines is 2. The molecule has 0 aliphatic carbocycles. The third kappa shape index (κ3) is 3.75. The van der Waals surface area contributed by atoms with Crippen molar-refractivity contribution >= 4 is 17.0 Å². The first kappa shape index (κ1) is 19.2. The molecule has 0 saturated carbocycles. The zero-order chi connectivity index (χ0) is 20.8. The van der Waals surface area contributed by atoms with Crippen molar-refractivity contribution in [1.29, 1.82) is 0 Å². The average Bonchev–Trinajstić information content (AvgIpc) is 3.04. The first-order valence-electron chi connectivity index (χ1n) is 9.01. The summed E-state index contributed by atoms with van der Waals surface area (Å²) in [5.74, 6) is 0.226. The Kier molecular flexibility index (Phi) is 4.65. The molecular weight excluding hydrogens is 389 g/mol. The second kappa shape index (κ2) is 7.03. The highest BCUT2D eigenvalue weighted by Gasteiger charge is 2.30. The van der Waals surface area contributed by atoms with Crippen molar-refractivity contribution < 1.29 is 13.2 Å². The van der Waals surface area contributed by atoms with E-state index in [4.69, 9.17) is 11.5 Å².